The van der Waals surface area contributed by atoms with Crippen molar-refractivity contribution >= 4 is 23.6 Å². The summed E-state index contributed by atoms with van der Waals surface area (Å²) in [6.07, 6.45) is -6.25. The lowest BCUT2D eigenvalue weighted by molar-refractivity contribution is -0.187. The Morgan fingerprint density at radius 3 is 2.74 bits per heavy atom. The summed E-state index contributed by atoms with van der Waals surface area (Å²) in [6, 6.07) is 7.85. The van der Waals surface area contributed by atoms with E-state index in [4.69, 9.17) is 26.2 Å². The number of ether oxygens (including phenoxy) is 2. The van der Waals surface area contributed by atoms with Gasteiger partial charge in [0.1, 0.15) is 5.75 Å². The zero-order valence-electron chi connectivity index (χ0n) is 13.9. The first kappa shape index (κ1) is 19.0. The fraction of sp³-hybridized carbons (Fsp3) is 0.222. The molecule has 27 heavy (non-hydrogen) atoms. The maximum absolute atomic E-state index is 13.2. The first-order chi connectivity index (χ1) is 12.7. The summed E-state index contributed by atoms with van der Waals surface area (Å²) in [4.78, 5) is 15.4. The molecule has 1 atom stereocenters. The molecule has 1 aliphatic heterocycles. The number of hydrogen-bond donors (Lipinski definition) is 1. The fourth-order valence-electron chi connectivity index (χ4n) is 2.68. The Morgan fingerprint density at radius 2 is 2.11 bits per heavy atom. The standard InChI is InChI=1S/C18H13ClF3NO4/c1-26-15-4-2-3-11(23-15)5-9-8-14-10(7-13(9)19)6-12(17(24)25)16(27-14)18(20,21)22/h2-4,6-8,16H,5H2,1H3,(H,24,25). The Labute approximate surface area is 157 Å². The lowest BCUT2D eigenvalue weighted by atomic mass is 9.98. The van der Waals surface area contributed by atoms with E-state index in [0.717, 1.165) is 6.08 Å². The van der Waals surface area contributed by atoms with E-state index in [-0.39, 0.29) is 22.8 Å². The minimum atomic E-state index is -4.87. The van der Waals surface area contributed by atoms with Crippen LogP contribution in [0.15, 0.2) is 35.9 Å². The minimum absolute atomic E-state index is 0.0929. The molecule has 2 heterocycles. The van der Waals surface area contributed by atoms with E-state index in [1.165, 1.54) is 19.2 Å². The molecule has 0 bridgehead atoms. The van der Waals surface area contributed by atoms with Crippen molar-refractivity contribution in [3.63, 3.8) is 0 Å². The summed E-state index contributed by atoms with van der Waals surface area (Å²) in [5, 5.41) is 9.32. The monoisotopic (exact) mass is 399 g/mol. The second-order valence-corrected chi connectivity index (χ2v) is 6.18. The quantitative estimate of drug-likeness (QED) is 0.837. The second-order valence-electron chi connectivity index (χ2n) is 5.77. The van der Waals surface area contributed by atoms with Crippen molar-refractivity contribution in [2.45, 2.75) is 18.7 Å². The van der Waals surface area contributed by atoms with E-state index in [9.17, 15) is 18.0 Å². The number of aromatic nitrogens is 1. The number of nitrogens with zero attached hydrogens (tertiary/aromatic N) is 1. The number of rotatable bonds is 4. The highest BCUT2D eigenvalue weighted by atomic mass is 35.5. The maximum atomic E-state index is 13.2. The van der Waals surface area contributed by atoms with Gasteiger partial charge in [-0.25, -0.2) is 9.78 Å². The molecule has 142 valence electrons. The minimum Gasteiger partial charge on any atom is -0.481 e. The smallest absolute Gasteiger partial charge is 0.430 e. The highest BCUT2D eigenvalue weighted by Crippen LogP contribution is 2.39. The van der Waals surface area contributed by atoms with Crippen LogP contribution < -0.4 is 9.47 Å². The zero-order valence-corrected chi connectivity index (χ0v) is 14.6. The predicted molar refractivity (Wildman–Crippen MR) is 91.1 cm³/mol. The SMILES string of the molecule is COc1cccc(Cc2cc3c(cc2Cl)C=C(C(=O)O)C(C(F)(F)F)O3)n1. The fourth-order valence-corrected chi connectivity index (χ4v) is 2.92. The molecule has 0 spiro atoms. The summed E-state index contributed by atoms with van der Waals surface area (Å²) in [5.74, 6) is -1.41. The van der Waals surface area contributed by atoms with Crippen LogP contribution in [0, 0.1) is 0 Å². The largest absolute Gasteiger partial charge is 0.481 e. The van der Waals surface area contributed by atoms with Crippen molar-refractivity contribution in [1.82, 2.24) is 4.98 Å². The summed E-state index contributed by atoms with van der Waals surface area (Å²) in [6.45, 7) is 0. The molecule has 1 aromatic heterocycles. The molecule has 5 nitrogen and oxygen atoms in total. The van der Waals surface area contributed by atoms with Gasteiger partial charge in [-0.1, -0.05) is 17.7 Å². The number of fused-ring (bicyclic) bond motifs is 1. The van der Waals surface area contributed by atoms with Crippen LogP contribution >= 0.6 is 11.6 Å². The lowest BCUT2D eigenvalue weighted by Crippen LogP contribution is -2.40. The van der Waals surface area contributed by atoms with Gasteiger partial charge >= 0.3 is 12.1 Å². The third-order valence-corrected chi connectivity index (χ3v) is 4.28. The molecule has 9 heteroatoms. The Kier molecular flexibility index (Phi) is 5.01. The average Bonchev–Trinajstić information content (AvgIpc) is 2.60. The third kappa shape index (κ3) is 4.00. The summed E-state index contributed by atoms with van der Waals surface area (Å²) >= 11 is 6.22. The van der Waals surface area contributed by atoms with Gasteiger partial charge in [0.2, 0.25) is 12.0 Å². The molecule has 1 aliphatic rings. The number of carboxylic acids is 1. The molecule has 2 aromatic rings. The number of carbonyl (C=O) groups is 1. The van der Waals surface area contributed by atoms with Gasteiger partial charge in [0.15, 0.2) is 0 Å². The Balaban J connectivity index is 1.99. The number of carboxylic acid groups (broad SMARTS) is 1. The van der Waals surface area contributed by atoms with Crippen molar-refractivity contribution in [2.24, 2.45) is 0 Å². The molecule has 0 saturated carbocycles. The molecule has 0 fully saturated rings. The normalized spacial score (nSPS) is 16.2. The van der Waals surface area contributed by atoms with Crippen molar-refractivity contribution in [2.75, 3.05) is 7.11 Å². The molecular weight excluding hydrogens is 387 g/mol. The van der Waals surface area contributed by atoms with E-state index in [1.807, 2.05) is 0 Å². The second kappa shape index (κ2) is 7.11. The average molecular weight is 400 g/mol. The van der Waals surface area contributed by atoms with Gasteiger partial charge in [0.25, 0.3) is 0 Å². The molecule has 0 saturated heterocycles. The van der Waals surface area contributed by atoms with Crippen molar-refractivity contribution in [3.8, 4) is 11.6 Å². The van der Waals surface area contributed by atoms with Gasteiger partial charge in [-0.2, -0.15) is 13.2 Å². The number of benzene rings is 1. The summed E-state index contributed by atoms with van der Waals surface area (Å²) in [7, 11) is 1.47. The Hall–Kier alpha value is -2.74. The number of pyridine rings is 1. The van der Waals surface area contributed by atoms with Crippen molar-refractivity contribution in [3.05, 3.63) is 57.7 Å². The van der Waals surface area contributed by atoms with Crippen LogP contribution in [0.1, 0.15) is 16.8 Å². The van der Waals surface area contributed by atoms with E-state index in [0.29, 0.717) is 17.1 Å². The van der Waals surface area contributed by atoms with Crippen LogP contribution in [0.2, 0.25) is 5.02 Å². The molecular formula is C18H13ClF3NO4. The molecule has 0 aliphatic carbocycles. The Bertz CT molecular complexity index is 927. The van der Waals surface area contributed by atoms with Crippen LogP contribution in [0.4, 0.5) is 13.2 Å². The van der Waals surface area contributed by atoms with Gasteiger partial charge in [-0.05, 0) is 29.8 Å². The van der Waals surface area contributed by atoms with Crippen LogP contribution in [0.25, 0.3) is 6.08 Å². The van der Waals surface area contributed by atoms with E-state index in [2.05, 4.69) is 4.98 Å². The zero-order chi connectivity index (χ0) is 19.8. The molecule has 0 amide bonds. The Morgan fingerprint density at radius 1 is 1.37 bits per heavy atom. The van der Waals surface area contributed by atoms with Crippen LogP contribution in [-0.2, 0) is 11.2 Å². The number of hydrogen-bond acceptors (Lipinski definition) is 4. The predicted octanol–water partition coefficient (Wildman–Crippen LogP) is 4.13. The first-order valence-electron chi connectivity index (χ1n) is 7.69. The van der Waals surface area contributed by atoms with Crippen molar-refractivity contribution < 1.29 is 32.5 Å². The third-order valence-electron chi connectivity index (χ3n) is 3.92. The molecule has 1 aromatic carbocycles. The molecule has 1 N–H and O–H groups in total. The number of aliphatic carboxylic acids is 1. The van der Waals surface area contributed by atoms with Crippen LogP contribution in [-0.4, -0.2) is 35.4 Å². The molecule has 1 unspecified atom stereocenters. The highest BCUT2D eigenvalue weighted by Gasteiger charge is 2.48. The van der Waals surface area contributed by atoms with Crippen LogP contribution in [0.3, 0.4) is 0 Å². The van der Waals surface area contributed by atoms with Crippen molar-refractivity contribution in [1.29, 1.82) is 0 Å². The molecule has 3 rings (SSSR count). The first-order valence-corrected chi connectivity index (χ1v) is 8.07. The van der Waals surface area contributed by atoms with E-state index >= 15 is 0 Å². The number of methoxy groups -OCH3 is 1. The van der Waals surface area contributed by atoms with Crippen LogP contribution in [0.5, 0.6) is 11.6 Å². The lowest BCUT2D eigenvalue weighted by Gasteiger charge is -2.27. The van der Waals surface area contributed by atoms with Gasteiger partial charge in [0, 0.05) is 28.8 Å². The number of alkyl halides is 3. The number of halogens is 4. The maximum Gasteiger partial charge on any atom is 0.430 e. The molecule has 0 radical (unpaired) electrons. The van der Waals surface area contributed by atoms with Gasteiger partial charge in [-0.15, -0.1) is 0 Å². The highest BCUT2D eigenvalue weighted by molar-refractivity contribution is 6.31. The van der Waals surface area contributed by atoms with Gasteiger partial charge in [-0.3, -0.25) is 0 Å². The van der Waals surface area contributed by atoms with E-state index in [1.54, 1.807) is 18.2 Å². The van der Waals surface area contributed by atoms with Gasteiger partial charge in [0.05, 0.1) is 12.7 Å². The van der Waals surface area contributed by atoms with E-state index < -0.39 is 23.8 Å². The van der Waals surface area contributed by atoms with Gasteiger partial charge < -0.3 is 14.6 Å². The topological polar surface area (TPSA) is 68.7 Å². The summed E-state index contributed by atoms with van der Waals surface area (Å²) < 4.78 is 49.5. The summed E-state index contributed by atoms with van der Waals surface area (Å²) in [5.41, 5.74) is 0.360.